The van der Waals surface area contributed by atoms with Crippen molar-refractivity contribution in [2.75, 3.05) is 39.8 Å². The minimum Gasteiger partial charge on any atom is -0.497 e. The fraction of sp³-hybridized carbons (Fsp3) is 0.581. The van der Waals surface area contributed by atoms with Gasteiger partial charge in [0.1, 0.15) is 5.75 Å². The van der Waals surface area contributed by atoms with Gasteiger partial charge in [0.25, 0.3) is 5.91 Å². The van der Waals surface area contributed by atoms with Crippen LogP contribution in [0.2, 0.25) is 0 Å². The molecule has 3 fully saturated rings. The Bertz CT molecular complexity index is 993. The lowest BCUT2D eigenvalue weighted by Gasteiger charge is -2.43. The van der Waals surface area contributed by atoms with Crippen molar-refractivity contribution < 1.29 is 9.53 Å². The molecule has 2 bridgehead atoms. The summed E-state index contributed by atoms with van der Waals surface area (Å²) in [5.74, 6) is 3.43. The van der Waals surface area contributed by atoms with Gasteiger partial charge in [-0.05, 0) is 80.5 Å². The number of hydrazine groups is 1. The van der Waals surface area contributed by atoms with Crippen LogP contribution >= 0.6 is 0 Å². The predicted octanol–water partition coefficient (Wildman–Crippen LogP) is 5.48. The molecule has 1 aromatic carbocycles. The highest BCUT2D eigenvalue weighted by Crippen LogP contribution is 2.51. The third kappa shape index (κ3) is 5.63. The van der Waals surface area contributed by atoms with Crippen LogP contribution in [0, 0.1) is 17.8 Å². The quantitative estimate of drug-likeness (QED) is 0.492. The zero-order valence-corrected chi connectivity index (χ0v) is 22.0. The third-order valence-electron chi connectivity index (χ3n) is 9.01. The second kappa shape index (κ2) is 11.8. The lowest BCUT2D eigenvalue weighted by Crippen LogP contribution is -2.41. The van der Waals surface area contributed by atoms with E-state index >= 15 is 0 Å². The number of nitrogens with zero attached hydrogens (tertiary/aromatic N) is 2. The van der Waals surface area contributed by atoms with Gasteiger partial charge in [0, 0.05) is 37.7 Å². The fourth-order valence-corrected chi connectivity index (χ4v) is 7.29. The maximum atomic E-state index is 12.9. The molecule has 0 aromatic heterocycles. The van der Waals surface area contributed by atoms with Gasteiger partial charge >= 0.3 is 0 Å². The molecule has 5 heteroatoms. The van der Waals surface area contributed by atoms with Gasteiger partial charge < -0.3 is 4.74 Å². The molecule has 4 aliphatic rings. The number of carbonyl (C=O) groups excluding carboxylic acids is 1. The first-order chi connectivity index (χ1) is 17.7. The fourth-order valence-electron chi connectivity index (χ4n) is 7.29. The Morgan fingerprint density at radius 2 is 1.94 bits per heavy atom. The number of allylic oxidation sites excluding steroid dienone is 3. The highest BCUT2D eigenvalue weighted by molar-refractivity contribution is 5.93. The summed E-state index contributed by atoms with van der Waals surface area (Å²) in [6, 6.07) is 8.75. The molecule has 0 spiro atoms. The number of hydrogen-bond acceptors (Lipinski definition) is 4. The minimum absolute atomic E-state index is 0.0801. The summed E-state index contributed by atoms with van der Waals surface area (Å²) in [6.45, 7) is 9.27. The number of benzene rings is 1. The average molecular weight is 490 g/mol. The number of hydrogen-bond donors (Lipinski definition) is 1. The lowest BCUT2D eigenvalue weighted by atomic mass is 9.61. The van der Waals surface area contributed by atoms with Crippen LogP contribution in [0.3, 0.4) is 0 Å². The van der Waals surface area contributed by atoms with Crippen LogP contribution in [0.15, 0.2) is 60.2 Å². The molecule has 1 saturated carbocycles. The van der Waals surface area contributed by atoms with Crippen molar-refractivity contribution in [1.29, 1.82) is 0 Å². The number of rotatable bonds is 8. The van der Waals surface area contributed by atoms with E-state index < -0.39 is 0 Å². The van der Waals surface area contributed by atoms with Crippen molar-refractivity contribution >= 4 is 5.91 Å². The number of fused-ring (bicyclic) bond motifs is 2. The molecule has 2 heterocycles. The second-order valence-corrected chi connectivity index (χ2v) is 11.2. The standard InChI is InChI=1S/C31H43N3O2/c1-3-17-33-20-16-23-8-6-10-27(22-33)30(23)29(26-9-7-11-28(21-26)36-2)24-12-14-25(15-13-24)31(35)32-34-18-4-5-19-34/h3,7,9,11-12,14,21,23,27,29-30H,1,4-6,8,10,13,15-20,22H2,2H3,(H,32,35). The molecule has 2 aliphatic carbocycles. The summed E-state index contributed by atoms with van der Waals surface area (Å²) in [5.41, 5.74) is 6.90. The molecule has 4 unspecified atom stereocenters. The van der Waals surface area contributed by atoms with E-state index in [1.807, 2.05) is 0 Å². The first-order valence-electron chi connectivity index (χ1n) is 14.1. The van der Waals surface area contributed by atoms with E-state index in [1.165, 1.54) is 62.8 Å². The average Bonchev–Trinajstić information content (AvgIpc) is 3.39. The van der Waals surface area contributed by atoms with Gasteiger partial charge in [-0.25, -0.2) is 5.01 Å². The van der Waals surface area contributed by atoms with Crippen LogP contribution in [0.1, 0.15) is 62.8 Å². The van der Waals surface area contributed by atoms with Crippen molar-refractivity contribution in [1.82, 2.24) is 15.3 Å². The van der Waals surface area contributed by atoms with Gasteiger partial charge in [-0.1, -0.05) is 48.8 Å². The van der Waals surface area contributed by atoms with Crippen LogP contribution in [0.5, 0.6) is 5.75 Å². The summed E-state index contributed by atoms with van der Waals surface area (Å²) in [4.78, 5) is 15.5. The van der Waals surface area contributed by atoms with Gasteiger partial charge in [0.05, 0.1) is 7.11 Å². The molecular weight excluding hydrogens is 446 g/mol. The zero-order chi connectivity index (χ0) is 24.9. The molecule has 0 radical (unpaired) electrons. The highest BCUT2D eigenvalue weighted by atomic mass is 16.5. The molecule has 2 aliphatic heterocycles. The van der Waals surface area contributed by atoms with Crippen molar-refractivity contribution in [3.63, 3.8) is 0 Å². The monoisotopic (exact) mass is 489 g/mol. The van der Waals surface area contributed by atoms with E-state index in [0.29, 0.717) is 17.8 Å². The zero-order valence-electron chi connectivity index (χ0n) is 22.0. The highest BCUT2D eigenvalue weighted by Gasteiger charge is 2.43. The SMILES string of the molecule is C=CCN1CCC2CCCC(C1)C2C(C1=CC=C(C(=O)NN2CCCC2)CC1)c1cccc(OC)c1. The predicted molar refractivity (Wildman–Crippen MR) is 146 cm³/mol. The first kappa shape index (κ1) is 25.3. The van der Waals surface area contributed by atoms with Crippen molar-refractivity contribution in [2.24, 2.45) is 17.8 Å². The molecule has 5 nitrogen and oxygen atoms in total. The molecule has 1 N–H and O–H groups in total. The number of likely N-dealkylation sites (tertiary alicyclic amines) is 1. The van der Waals surface area contributed by atoms with Gasteiger partial charge in [0.2, 0.25) is 0 Å². The molecule has 2 saturated heterocycles. The maximum absolute atomic E-state index is 12.9. The largest absolute Gasteiger partial charge is 0.497 e. The van der Waals surface area contributed by atoms with Gasteiger partial charge in [-0.15, -0.1) is 6.58 Å². The molecule has 1 aromatic rings. The number of carbonyl (C=O) groups is 1. The summed E-state index contributed by atoms with van der Waals surface area (Å²) in [7, 11) is 1.76. The second-order valence-electron chi connectivity index (χ2n) is 11.2. The number of ether oxygens (including phenoxy) is 1. The Kier molecular flexibility index (Phi) is 8.28. The van der Waals surface area contributed by atoms with Crippen LogP contribution in [-0.2, 0) is 4.79 Å². The Hall–Kier alpha value is -2.37. The maximum Gasteiger partial charge on any atom is 0.261 e. The van der Waals surface area contributed by atoms with Crippen LogP contribution in [-0.4, -0.2) is 55.6 Å². The van der Waals surface area contributed by atoms with Gasteiger partial charge in [0.15, 0.2) is 0 Å². The molecule has 5 rings (SSSR count). The molecule has 4 atom stereocenters. The van der Waals surface area contributed by atoms with Crippen molar-refractivity contribution in [3.8, 4) is 5.75 Å². The summed E-state index contributed by atoms with van der Waals surface area (Å²) in [5, 5.41) is 2.07. The van der Waals surface area contributed by atoms with E-state index in [0.717, 1.165) is 49.7 Å². The van der Waals surface area contributed by atoms with Crippen molar-refractivity contribution in [3.05, 3.63) is 65.8 Å². The van der Waals surface area contributed by atoms with E-state index in [4.69, 9.17) is 4.74 Å². The van der Waals surface area contributed by atoms with E-state index in [2.05, 4.69) is 64.4 Å². The Labute approximate surface area is 217 Å². The van der Waals surface area contributed by atoms with E-state index in [9.17, 15) is 4.79 Å². The summed E-state index contributed by atoms with van der Waals surface area (Å²) >= 11 is 0. The van der Waals surface area contributed by atoms with E-state index in [1.54, 1.807) is 7.11 Å². The summed E-state index contributed by atoms with van der Waals surface area (Å²) < 4.78 is 5.65. The molecule has 1 amide bonds. The van der Waals surface area contributed by atoms with Crippen LogP contribution in [0.25, 0.3) is 0 Å². The van der Waals surface area contributed by atoms with Gasteiger partial charge in [-0.3, -0.25) is 15.1 Å². The smallest absolute Gasteiger partial charge is 0.261 e. The third-order valence-corrected chi connectivity index (χ3v) is 9.01. The summed E-state index contributed by atoms with van der Waals surface area (Å²) in [6.07, 6.45) is 15.8. The minimum atomic E-state index is 0.0801. The Morgan fingerprint density at radius 3 is 2.69 bits per heavy atom. The normalized spacial score (nSPS) is 28.0. The Morgan fingerprint density at radius 1 is 1.11 bits per heavy atom. The first-order valence-corrected chi connectivity index (χ1v) is 14.1. The number of amides is 1. The number of nitrogens with one attached hydrogen (secondary N) is 1. The van der Waals surface area contributed by atoms with Crippen molar-refractivity contribution in [2.45, 2.75) is 57.3 Å². The van der Waals surface area contributed by atoms with Crippen LogP contribution < -0.4 is 10.2 Å². The lowest BCUT2D eigenvalue weighted by molar-refractivity contribution is -0.121. The Balaban J connectivity index is 1.45. The van der Waals surface area contributed by atoms with Crippen LogP contribution in [0.4, 0.5) is 0 Å². The number of methoxy groups -OCH3 is 1. The van der Waals surface area contributed by atoms with E-state index in [-0.39, 0.29) is 5.91 Å². The van der Waals surface area contributed by atoms with Gasteiger partial charge in [-0.2, -0.15) is 0 Å². The molecular formula is C31H43N3O2. The topological polar surface area (TPSA) is 44.8 Å². The molecule has 194 valence electrons. The molecule has 36 heavy (non-hydrogen) atoms.